The number of carbonyl (C=O) groups is 2. The van der Waals surface area contributed by atoms with Gasteiger partial charge >= 0.3 is 0 Å². The van der Waals surface area contributed by atoms with Crippen LogP contribution in [0, 0.1) is 5.92 Å². The summed E-state index contributed by atoms with van der Waals surface area (Å²) < 4.78 is 0. The minimum Gasteiger partial charge on any atom is -0.295 e. The van der Waals surface area contributed by atoms with E-state index in [0.29, 0.717) is 18.4 Å². The van der Waals surface area contributed by atoms with Crippen LogP contribution in [0.1, 0.15) is 23.2 Å². The van der Waals surface area contributed by atoms with Gasteiger partial charge in [0.25, 0.3) is 0 Å². The minimum atomic E-state index is -0.162. The van der Waals surface area contributed by atoms with E-state index < -0.39 is 0 Å². The van der Waals surface area contributed by atoms with E-state index in [1.54, 1.807) is 24.3 Å². The molecular formula is C13H12O2. The van der Waals surface area contributed by atoms with Crippen molar-refractivity contribution in [1.29, 1.82) is 0 Å². The highest BCUT2D eigenvalue weighted by molar-refractivity contribution is 6.02. The number of benzene rings is 1. The lowest BCUT2D eigenvalue weighted by atomic mass is 9.87. The Bertz CT molecular complexity index is 404. The predicted molar refractivity (Wildman–Crippen MR) is 57.6 cm³/mol. The summed E-state index contributed by atoms with van der Waals surface area (Å²) in [7, 11) is 0. The molecule has 0 aliphatic heterocycles. The standard InChI is InChI=1S/C13H12O2/c14-12-8-4-7-11(9-12)13(15)10-5-2-1-3-6-10/h1-6,8,11H,7,9H2. The Kier molecular flexibility index (Phi) is 2.77. The summed E-state index contributed by atoms with van der Waals surface area (Å²) in [4.78, 5) is 23.1. The number of rotatable bonds is 2. The fourth-order valence-electron chi connectivity index (χ4n) is 1.80. The molecule has 0 heterocycles. The van der Waals surface area contributed by atoms with E-state index in [1.165, 1.54) is 0 Å². The van der Waals surface area contributed by atoms with Gasteiger partial charge in [-0.1, -0.05) is 36.4 Å². The maximum atomic E-state index is 12.0. The van der Waals surface area contributed by atoms with Crippen molar-refractivity contribution in [3.63, 3.8) is 0 Å². The molecule has 1 aromatic rings. The van der Waals surface area contributed by atoms with Gasteiger partial charge in [0.2, 0.25) is 0 Å². The fourth-order valence-corrected chi connectivity index (χ4v) is 1.80. The zero-order valence-corrected chi connectivity index (χ0v) is 8.35. The fraction of sp³-hybridized carbons (Fsp3) is 0.231. The van der Waals surface area contributed by atoms with Gasteiger partial charge in [-0.15, -0.1) is 0 Å². The maximum absolute atomic E-state index is 12.0. The number of allylic oxidation sites excluding steroid dienone is 2. The number of hydrogen-bond donors (Lipinski definition) is 0. The topological polar surface area (TPSA) is 34.1 Å². The zero-order valence-electron chi connectivity index (χ0n) is 8.35. The molecule has 1 aromatic carbocycles. The first-order chi connectivity index (χ1) is 7.27. The maximum Gasteiger partial charge on any atom is 0.166 e. The number of carbonyl (C=O) groups excluding carboxylic acids is 2. The lowest BCUT2D eigenvalue weighted by Crippen LogP contribution is -2.20. The molecule has 0 aromatic heterocycles. The first kappa shape index (κ1) is 9.84. The van der Waals surface area contributed by atoms with Crippen molar-refractivity contribution in [3.05, 3.63) is 48.0 Å². The second-order valence-corrected chi connectivity index (χ2v) is 3.74. The molecule has 1 aliphatic rings. The normalized spacial score (nSPS) is 20.3. The van der Waals surface area contributed by atoms with Gasteiger partial charge in [0.15, 0.2) is 11.6 Å². The van der Waals surface area contributed by atoms with Crippen LogP contribution in [0.25, 0.3) is 0 Å². The Morgan fingerprint density at radius 1 is 1.20 bits per heavy atom. The van der Waals surface area contributed by atoms with Crippen LogP contribution < -0.4 is 0 Å². The summed E-state index contributed by atoms with van der Waals surface area (Å²) in [6.45, 7) is 0. The molecule has 0 saturated heterocycles. The number of Topliss-reactive ketones (excluding diaryl/α,β-unsaturated/α-hetero) is 1. The Morgan fingerprint density at radius 2 is 1.93 bits per heavy atom. The van der Waals surface area contributed by atoms with Crippen LogP contribution in [0.2, 0.25) is 0 Å². The first-order valence-corrected chi connectivity index (χ1v) is 5.06. The predicted octanol–water partition coefficient (Wildman–Crippen LogP) is 2.40. The van der Waals surface area contributed by atoms with Gasteiger partial charge < -0.3 is 0 Å². The van der Waals surface area contributed by atoms with E-state index in [1.807, 2.05) is 18.2 Å². The smallest absolute Gasteiger partial charge is 0.166 e. The molecule has 76 valence electrons. The van der Waals surface area contributed by atoms with Crippen molar-refractivity contribution < 1.29 is 9.59 Å². The molecule has 1 atom stereocenters. The van der Waals surface area contributed by atoms with Crippen molar-refractivity contribution >= 4 is 11.6 Å². The minimum absolute atomic E-state index is 0.0514. The summed E-state index contributed by atoms with van der Waals surface area (Å²) in [6.07, 6.45) is 4.38. The summed E-state index contributed by atoms with van der Waals surface area (Å²) in [5.74, 6) is -0.0336. The second kappa shape index (κ2) is 4.22. The Hall–Kier alpha value is -1.70. The molecule has 0 fully saturated rings. The van der Waals surface area contributed by atoms with Crippen LogP contribution in [0.4, 0.5) is 0 Å². The number of hydrogen-bond acceptors (Lipinski definition) is 2. The highest BCUT2D eigenvalue weighted by Crippen LogP contribution is 2.20. The highest BCUT2D eigenvalue weighted by atomic mass is 16.1. The molecule has 0 amide bonds. The molecule has 2 heteroatoms. The Morgan fingerprint density at radius 3 is 2.60 bits per heavy atom. The average molecular weight is 200 g/mol. The zero-order chi connectivity index (χ0) is 10.7. The number of ketones is 2. The molecule has 1 aliphatic carbocycles. The summed E-state index contributed by atoms with van der Waals surface area (Å²) in [6, 6.07) is 9.15. The van der Waals surface area contributed by atoms with E-state index in [-0.39, 0.29) is 17.5 Å². The van der Waals surface area contributed by atoms with Gasteiger partial charge in [-0.05, 0) is 12.5 Å². The summed E-state index contributed by atoms with van der Waals surface area (Å²) in [5, 5.41) is 0. The molecule has 1 unspecified atom stereocenters. The molecule has 0 radical (unpaired) electrons. The lowest BCUT2D eigenvalue weighted by molar-refractivity contribution is -0.115. The Balaban J connectivity index is 2.16. The van der Waals surface area contributed by atoms with Crippen molar-refractivity contribution in [2.24, 2.45) is 5.92 Å². The summed E-state index contributed by atoms with van der Waals surface area (Å²) in [5.41, 5.74) is 0.700. The molecule has 15 heavy (non-hydrogen) atoms. The van der Waals surface area contributed by atoms with Gasteiger partial charge in [-0.25, -0.2) is 0 Å². The third-order valence-electron chi connectivity index (χ3n) is 2.60. The third-order valence-corrected chi connectivity index (χ3v) is 2.60. The van der Waals surface area contributed by atoms with Crippen molar-refractivity contribution in [1.82, 2.24) is 0 Å². The summed E-state index contributed by atoms with van der Waals surface area (Å²) >= 11 is 0. The van der Waals surface area contributed by atoms with Crippen LogP contribution in [0.5, 0.6) is 0 Å². The van der Waals surface area contributed by atoms with Gasteiger partial charge in [-0.2, -0.15) is 0 Å². The molecule has 0 N–H and O–H groups in total. The third kappa shape index (κ3) is 2.21. The molecule has 0 bridgehead atoms. The highest BCUT2D eigenvalue weighted by Gasteiger charge is 2.23. The monoisotopic (exact) mass is 200 g/mol. The average Bonchev–Trinajstić information content (AvgIpc) is 2.29. The quantitative estimate of drug-likeness (QED) is 0.687. The molecule has 0 saturated carbocycles. The van der Waals surface area contributed by atoms with E-state index in [9.17, 15) is 9.59 Å². The van der Waals surface area contributed by atoms with Crippen molar-refractivity contribution in [2.45, 2.75) is 12.8 Å². The van der Waals surface area contributed by atoms with Crippen LogP contribution in [-0.4, -0.2) is 11.6 Å². The van der Waals surface area contributed by atoms with E-state index in [0.717, 1.165) is 0 Å². The van der Waals surface area contributed by atoms with E-state index in [4.69, 9.17) is 0 Å². The molecule has 0 spiro atoms. The van der Waals surface area contributed by atoms with Crippen molar-refractivity contribution in [3.8, 4) is 0 Å². The largest absolute Gasteiger partial charge is 0.295 e. The molecular weight excluding hydrogens is 188 g/mol. The second-order valence-electron chi connectivity index (χ2n) is 3.74. The van der Waals surface area contributed by atoms with E-state index >= 15 is 0 Å². The van der Waals surface area contributed by atoms with Gasteiger partial charge in [0.1, 0.15) is 0 Å². The van der Waals surface area contributed by atoms with Crippen LogP contribution >= 0.6 is 0 Å². The Labute approximate surface area is 88.6 Å². The first-order valence-electron chi connectivity index (χ1n) is 5.06. The van der Waals surface area contributed by atoms with Crippen molar-refractivity contribution in [2.75, 3.05) is 0 Å². The van der Waals surface area contributed by atoms with Crippen LogP contribution in [0.15, 0.2) is 42.5 Å². The van der Waals surface area contributed by atoms with Crippen LogP contribution in [0.3, 0.4) is 0 Å². The van der Waals surface area contributed by atoms with E-state index in [2.05, 4.69) is 0 Å². The SMILES string of the molecule is O=C1C=CCC(C(=O)c2ccccc2)C1. The lowest BCUT2D eigenvalue weighted by Gasteiger charge is -2.15. The van der Waals surface area contributed by atoms with Crippen LogP contribution in [-0.2, 0) is 4.79 Å². The van der Waals surface area contributed by atoms with Gasteiger partial charge in [-0.3, -0.25) is 9.59 Å². The molecule has 2 nitrogen and oxygen atoms in total. The van der Waals surface area contributed by atoms with Gasteiger partial charge in [0, 0.05) is 17.9 Å². The van der Waals surface area contributed by atoms with Gasteiger partial charge in [0.05, 0.1) is 0 Å². The molecule has 2 rings (SSSR count).